The molecule has 0 fully saturated rings. The maximum atomic E-state index is 14.7. The van der Waals surface area contributed by atoms with Crippen LogP contribution in [0, 0.1) is 18.8 Å². The third kappa shape index (κ3) is 14.4. The largest absolute Gasteiger partial charge is 0.486 e. The first-order valence-electron chi connectivity index (χ1n) is 23.0. The lowest BCUT2D eigenvalue weighted by Gasteiger charge is -2.26. The monoisotopic (exact) mass is 951 g/mol. The summed E-state index contributed by atoms with van der Waals surface area (Å²) in [5.41, 5.74) is 5.39. The Morgan fingerprint density at radius 1 is 0.691 bits per heavy atom. The van der Waals surface area contributed by atoms with E-state index in [2.05, 4.69) is 16.0 Å². The second-order valence-electron chi connectivity index (χ2n) is 17.4. The second-order valence-corrected chi connectivity index (χ2v) is 20.6. The van der Waals surface area contributed by atoms with E-state index >= 15 is 0 Å². The number of nitrogens with one attached hydrogen (secondary N) is 3. The normalized spacial score (nSPS) is 18.6. The molecule has 6 aromatic rings. The molecule has 0 spiro atoms. The van der Waals surface area contributed by atoms with E-state index in [9.17, 15) is 32.4 Å². The number of carbonyl (C=O) groups is 5. The first-order chi connectivity index (χ1) is 32.9. The molecule has 2 aliphatic heterocycles. The number of carbonyl (C=O) groups excluding carboxylic acids is 5. The number of rotatable bonds is 14. The Labute approximate surface area is 402 Å². The van der Waals surface area contributed by atoms with Crippen molar-refractivity contribution in [2.75, 3.05) is 18.9 Å². The van der Waals surface area contributed by atoms with Gasteiger partial charge in [-0.25, -0.2) is 8.42 Å². The van der Waals surface area contributed by atoms with E-state index in [0.717, 1.165) is 38.3 Å². The molecule has 3 N–H and O–H groups in total. The van der Waals surface area contributed by atoms with Crippen LogP contribution in [-0.4, -0.2) is 68.7 Å². The molecule has 8 rings (SSSR count). The van der Waals surface area contributed by atoms with Crippen molar-refractivity contribution in [2.24, 2.45) is 11.8 Å². The molecule has 11 nitrogen and oxygen atoms in total. The van der Waals surface area contributed by atoms with Gasteiger partial charge in [0.25, 0.3) is 0 Å². The Kier molecular flexibility index (Phi) is 17.3. The molecule has 13 heteroatoms. The lowest BCUT2D eigenvalue weighted by Crippen LogP contribution is -2.54. The van der Waals surface area contributed by atoms with Crippen LogP contribution in [0.1, 0.15) is 52.8 Å². The Hall–Kier alpha value is -6.70. The summed E-state index contributed by atoms with van der Waals surface area (Å²) in [5.74, 6) is -3.62. The predicted molar refractivity (Wildman–Crippen MR) is 265 cm³/mol. The number of ketones is 2. The van der Waals surface area contributed by atoms with Crippen molar-refractivity contribution >= 4 is 50.5 Å². The Bertz CT molecular complexity index is 2730. The molecule has 5 aromatic carbocycles. The van der Waals surface area contributed by atoms with Gasteiger partial charge in [-0.3, -0.25) is 24.0 Å². The van der Waals surface area contributed by atoms with Crippen molar-refractivity contribution in [1.82, 2.24) is 16.0 Å². The molecule has 352 valence electrons. The van der Waals surface area contributed by atoms with Gasteiger partial charge in [-0.1, -0.05) is 121 Å². The average Bonchev–Trinajstić information content (AvgIpc) is 3.87. The van der Waals surface area contributed by atoms with Crippen LogP contribution in [0.4, 0.5) is 0 Å². The quantitative estimate of drug-likeness (QED) is 0.0929. The Morgan fingerprint density at radius 3 is 2.06 bits per heavy atom. The fourth-order valence-corrected chi connectivity index (χ4v) is 10.4. The van der Waals surface area contributed by atoms with Gasteiger partial charge < -0.3 is 20.7 Å². The van der Waals surface area contributed by atoms with E-state index in [1.54, 1.807) is 48.5 Å². The van der Waals surface area contributed by atoms with Crippen molar-refractivity contribution in [1.29, 1.82) is 0 Å². The highest BCUT2D eigenvalue weighted by Crippen LogP contribution is 2.24. The molecule has 4 atom stereocenters. The predicted octanol–water partition coefficient (Wildman–Crippen LogP) is 7.88. The zero-order valence-corrected chi connectivity index (χ0v) is 39.7. The van der Waals surface area contributed by atoms with Crippen LogP contribution in [0.2, 0.25) is 0 Å². The van der Waals surface area contributed by atoms with E-state index in [-0.39, 0.29) is 80.3 Å². The van der Waals surface area contributed by atoms with E-state index in [1.807, 2.05) is 109 Å². The van der Waals surface area contributed by atoms with Gasteiger partial charge in [0.2, 0.25) is 17.7 Å². The van der Waals surface area contributed by atoms with Gasteiger partial charge in [0.15, 0.2) is 21.4 Å². The molecule has 2 bridgehead atoms. The van der Waals surface area contributed by atoms with Crippen LogP contribution in [0.5, 0.6) is 5.75 Å². The highest BCUT2D eigenvalue weighted by atomic mass is 32.2. The summed E-state index contributed by atoms with van der Waals surface area (Å²) in [6.45, 7) is 1.65. The van der Waals surface area contributed by atoms with Gasteiger partial charge in [-0.15, -0.1) is 11.3 Å². The van der Waals surface area contributed by atoms with Gasteiger partial charge in [0, 0.05) is 42.5 Å². The molecular formula is C55H57N3O8S2. The molecule has 68 heavy (non-hydrogen) atoms. The van der Waals surface area contributed by atoms with E-state index in [4.69, 9.17) is 4.74 Å². The molecule has 0 saturated heterocycles. The molecule has 1 aromatic heterocycles. The second kappa shape index (κ2) is 23.8. The zero-order chi connectivity index (χ0) is 47.9. The number of benzene rings is 5. The van der Waals surface area contributed by atoms with E-state index in [0.29, 0.717) is 12.2 Å². The van der Waals surface area contributed by atoms with E-state index in [1.165, 1.54) is 11.3 Å². The number of fused-ring (bicyclic) bond motifs is 16. The number of ether oxygens (including phenoxy) is 1. The lowest BCUT2D eigenvalue weighted by molar-refractivity contribution is -0.135. The Morgan fingerprint density at radius 2 is 1.37 bits per heavy atom. The standard InChI is InChI=1S/C55H57N3O8S2/c1-38-15-26-49(27-16-38)68(64,65)31-9-29-56-53(61)44-32-40-19-24-47(25-20-40)66-37-46(59)34-45(35-48-14-8-30-67-48)54(62)58-51(33-41-17-22-43(23-18-41)42-12-6-3-7-13-42)55(63)57-50(52(60)36-44)28-21-39-10-4-2-5-11-39/h2-8,10-20,22-27,30,44-45,50-51H,9,21,28-29,31-37H2,1H3,(H,56,61)(H,57,63)(H,58,62)/t44-,45+,50+,51-/m1/s1. The zero-order valence-electron chi connectivity index (χ0n) is 38.1. The minimum absolute atomic E-state index is 0.0603. The van der Waals surface area contributed by atoms with Gasteiger partial charge >= 0.3 is 0 Å². The van der Waals surface area contributed by atoms with Gasteiger partial charge in [0.05, 0.1) is 16.7 Å². The molecule has 3 heterocycles. The first-order valence-corrected chi connectivity index (χ1v) is 25.6. The number of sulfone groups is 1. The highest BCUT2D eigenvalue weighted by molar-refractivity contribution is 7.91. The van der Waals surface area contributed by atoms with Crippen molar-refractivity contribution in [3.05, 3.63) is 178 Å². The maximum Gasteiger partial charge on any atom is 0.243 e. The van der Waals surface area contributed by atoms with Crippen LogP contribution in [-0.2, 0) is 59.5 Å². The summed E-state index contributed by atoms with van der Waals surface area (Å²) in [7, 11) is -3.59. The molecule has 0 saturated carbocycles. The number of thiophene rings is 1. The molecule has 0 unspecified atom stereocenters. The average molecular weight is 952 g/mol. The molecule has 3 amide bonds. The van der Waals surface area contributed by atoms with Crippen LogP contribution in [0.25, 0.3) is 11.1 Å². The maximum absolute atomic E-state index is 14.7. The van der Waals surface area contributed by atoms with Crippen molar-refractivity contribution in [3.8, 4) is 16.9 Å². The lowest BCUT2D eigenvalue weighted by atomic mass is 9.89. The summed E-state index contributed by atoms with van der Waals surface area (Å²) >= 11 is 1.47. The van der Waals surface area contributed by atoms with Crippen LogP contribution >= 0.6 is 11.3 Å². The van der Waals surface area contributed by atoms with Crippen LogP contribution in [0.3, 0.4) is 0 Å². The minimum atomic E-state index is -3.59. The van der Waals surface area contributed by atoms with Crippen molar-refractivity contribution < 1.29 is 37.1 Å². The van der Waals surface area contributed by atoms with Gasteiger partial charge in [-0.05, 0) is 103 Å². The van der Waals surface area contributed by atoms with Crippen LogP contribution < -0.4 is 20.7 Å². The van der Waals surface area contributed by atoms with E-state index < -0.39 is 51.5 Å². The van der Waals surface area contributed by atoms with Crippen LogP contribution in [0.15, 0.2) is 156 Å². The smallest absolute Gasteiger partial charge is 0.243 e. The molecule has 0 aliphatic carbocycles. The number of hydrogen-bond acceptors (Lipinski definition) is 9. The Balaban J connectivity index is 1.17. The molecule has 2 aliphatic rings. The fraction of sp³-hybridized carbons (Fsp3) is 0.291. The highest BCUT2D eigenvalue weighted by Gasteiger charge is 2.33. The number of aryl methyl sites for hydroxylation is 2. The van der Waals surface area contributed by atoms with Crippen molar-refractivity contribution in [3.63, 3.8) is 0 Å². The third-order valence-electron chi connectivity index (χ3n) is 12.2. The minimum Gasteiger partial charge on any atom is -0.486 e. The number of amides is 3. The van der Waals surface area contributed by atoms with Gasteiger partial charge in [-0.2, -0.15) is 0 Å². The number of hydrogen-bond donors (Lipinski definition) is 3. The summed E-state index contributed by atoms with van der Waals surface area (Å²) in [6, 6.07) is 42.3. The summed E-state index contributed by atoms with van der Waals surface area (Å²) in [5, 5.41) is 10.8. The molecular weight excluding hydrogens is 895 g/mol. The first kappa shape index (κ1) is 49.2. The summed E-state index contributed by atoms with van der Waals surface area (Å²) in [4.78, 5) is 72.5. The number of Topliss-reactive ketones (excluding diaryl/α,β-unsaturated/α-hetero) is 2. The summed E-state index contributed by atoms with van der Waals surface area (Å²) in [6.07, 6.45) is 0.957. The topological polar surface area (TPSA) is 165 Å². The molecule has 0 radical (unpaired) electrons. The van der Waals surface area contributed by atoms with Gasteiger partial charge in [0.1, 0.15) is 18.4 Å². The van der Waals surface area contributed by atoms with Crippen molar-refractivity contribution in [2.45, 2.75) is 75.3 Å². The third-order valence-corrected chi connectivity index (χ3v) is 14.9. The summed E-state index contributed by atoms with van der Waals surface area (Å²) < 4.78 is 32.0. The fourth-order valence-electron chi connectivity index (χ4n) is 8.30. The SMILES string of the molecule is Cc1ccc(S(=O)(=O)CCCNC(=O)[C@H]2CC(=O)[C@H](CCc3ccccc3)NC(=O)[C@@H](Cc3ccc(-c4ccccc4)cc3)NC(=O)[C@H](Cc3cccs3)CC(=O)COc3ccc(cc3)C2)cc1.